The lowest BCUT2D eigenvalue weighted by Gasteiger charge is -2.20. The number of thiazole rings is 1. The number of aliphatic hydroxyl groups excluding tert-OH is 3. The maximum Gasteiger partial charge on any atom is 0.322 e. The van der Waals surface area contributed by atoms with E-state index in [0.717, 1.165) is 42.7 Å². The third-order valence-corrected chi connectivity index (χ3v) is 5.87. The third kappa shape index (κ3) is 5.77. The number of nitrogens with zero attached hydrogens (tertiary/aromatic N) is 2. The minimum Gasteiger partial charge on any atom is -0.492 e. The van der Waals surface area contributed by atoms with Crippen LogP contribution in [0.3, 0.4) is 0 Å². The molecule has 0 atom stereocenters. The molecule has 12 nitrogen and oxygen atoms in total. The number of aromatic hydroxyl groups is 1. The SMILES string of the molecule is NC(CO)(CO)CO.O=C(O)CNC(=O)c1c(O)nc2sc3c(n2c1=O)CCCCC3. The minimum absolute atomic E-state index is 0.356. The van der Waals surface area contributed by atoms with E-state index >= 15 is 0 Å². The van der Waals surface area contributed by atoms with Crippen molar-refractivity contribution in [2.24, 2.45) is 5.73 Å². The molecule has 2 heterocycles. The molecule has 0 aromatic carbocycles. The fourth-order valence-electron chi connectivity index (χ4n) is 2.89. The first kappa shape index (κ1) is 24.7. The van der Waals surface area contributed by atoms with E-state index in [1.165, 1.54) is 15.7 Å². The van der Waals surface area contributed by atoms with Crippen LogP contribution >= 0.6 is 11.3 Å². The maximum atomic E-state index is 12.6. The molecule has 31 heavy (non-hydrogen) atoms. The van der Waals surface area contributed by atoms with Crippen LogP contribution in [0, 0.1) is 0 Å². The first-order chi connectivity index (χ1) is 14.7. The number of hydrogen-bond acceptors (Lipinski definition) is 10. The number of rotatable bonds is 6. The summed E-state index contributed by atoms with van der Waals surface area (Å²) in [4.78, 5) is 40.5. The Morgan fingerprint density at radius 1 is 1.13 bits per heavy atom. The van der Waals surface area contributed by atoms with Crippen LogP contribution in [0.1, 0.15) is 40.2 Å². The Bertz CT molecular complexity index is 990. The van der Waals surface area contributed by atoms with Crippen molar-refractivity contribution in [2.45, 2.75) is 37.6 Å². The summed E-state index contributed by atoms with van der Waals surface area (Å²) in [6.45, 7) is -1.85. The molecule has 13 heteroatoms. The molecule has 1 aliphatic rings. The average molecular weight is 458 g/mol. The molecule has 2 aromatic heterocycles. The average Bonchev–Trinajstić information content (AvgIpc) is 2.93. The van der Waals surface area contributed by atoms with Gasteiger partial charge in [0.1, 0.15) is 6.54 Å². The number of nitrogens with one attached hydrogen (secondary N) is 1. The van der Waals surface area contributed by atoms with Crippen LogP contribution in [0.2, 0.25) is 0 Å². The summed E-state index contributed by atoms with van der Waals surface area (Å²) in [5.41, 5.74) is 3.60. The predicted octanol–water partition coefficient (Wildman–Crippen LogP) is -1.79. The predicted molar refractivity (Wildman–Crippen MR) is 110 cm³/mol. The van der Waals surface area contributed by atoms with Gasteiger partial charge in [-0.2, -0.15) is 4.98 Å². The van der Waals surface area contributed by atoms with Crippen LogP contribution in [-0.2, 0) is 17.6 Å². The van der Waals surface area contributed by atoms with E-state index in [1.807, 2.05) is 0 Å². The zero-order chi connectivity index (χ0) is 23.2. The van der Waals surface area contributed by atoms with Crippen molar-refractivity contribution < 1.29 is 35.1 Å². The summed E-state index contributed by atoms with van der Waals surface area (Å²) in [5.74, 6) is -2.85. The van der Waals surface area contributed by atoms with Gasteiger partial charge in [-0.1, -0.05) is 6.42 Å². The van der Waals surface area contributed by atoms with Crippen LogP contribution in [0.25, 0.3) is 4.96 Å². The lowest BCUT2D eigenvalue weighted by Crippen LogP contribution is -2.50. The summed E-state index contributed by atoms with van der Waals surface area (Å²) >= 11 is 1.35. The topological polar surface area (TPSA) is 208 Å². The number of hydrogen-bond donors (Lipinski definition) is 7. The Morgan fingerprint density at radius 3 is 2.29 bits per heavy atom. The first-order valence-corrected chi connectivity index (χ1v) is 10.4. The van der Waals surface area contributed by atoms with Crippen molar-refractivity contribution in [3.63, 3.8) is 0 Å². The number of amides is 1. The number of aliphatic carboxylic acids is 1. The van der Waals surface area contributed by atoms with Crippen molar-refractivity contribution in [3.05, 3.63) is 26.5 Å². The number of aryl methyl sites for hydroxylation is 2. The summed E-state index contributed by atoms with van der Waals surface area (Å²) in [6.07, 6.45) is 4.64. The summed E-state index contributed by atoms with van der Waals surface area (Å²) < 4.78 is 1.38. The van der Waals surface area contributed by atoms with Crippen molar-refractivity contribution in [1.82, 2.24) is 14.7 Å². The fourth-order valence-corrected chi connectivity index (χ4v) is 4.08. The van der Waals surface area contributed by atoms with E-state index in [1.54, 1.807) is 0 Å². The van der Waals surface area contributed by atoms with Crippen LogP contribution in [-0.4, -0.2) is 78.7 Å². The van der Waals surface area contributed by atoms with Crippen LogP contribution in [0.15, 0.2) is 4.79 Å². The molecule has 2 aromatic rings. The van der Waals surface area contributed by atoms with Gasteiger partial charge in [0.15, 0.2) is 10.5 Å². The summed E-state index contributed by atoms with van der Waals surface area (Å²) in [7, 11) is 0. The van der Waals surface area contributed by atoms with Gasteiger partial charge in [-0.05, 0) is 25.7 Å². The number of fused-ring (bicyclic) bond motifs is 3. The van der Waals surface area contributed by atoms with Crippen molar-refractivity contribution in [1.29, 1.82) is 0 Å². The molecule has 8 N–H and O–H groups in total. The third-order valence-electron chi connectivity index (χ3n) is 4.73. The number of carboxylic acids is 1. The Kier molecular flexibility index (Phi) is 8.47. The highest BCUT2D eigenvalue weighted by atomic mass is 32.1. The first-order valence-electron chi connectivity index (χ1n) is 9.55. The standard InChI is InChI=1S/C14H15N3O5S.C4H11NO3/c18-9(19)6-15-11(20)10-12(21)16-14-17(13(10)22)7-4-2-1-3-5-8(7)23-14;5-4(1-6,2-7)3-8/h21H,1-6H2,(H,15,20)(H,18,19);6-8H,1-3,5H2. The second kappa shape index (κ2) is 10.6. The van der Waals surface area contributed by atoms with Gasteiger partial charge in [0.25, 0.3) is 11.5 Å². The second-order valence-electron chi connectivity index (χ2n) is 7.18. The minimum atomic E-state index is -1.24. The highest BCUT2D eigenvalue weighted by Crippen LogP contribution is 2.28. The van der Waals surface area contributed by atoms with Gasteiger partial charge >= 0.3 is 5.97 Å². The van der Waals surface area contributed by atoms with Gasteiger partial charge in [0, 0.05) is 10.6 Å². The molecule has 0 aliphatic heterocycles. The normalized spacial score (nSPS) is 13.7. The largest absolute Gasteiger partial charge is 0.492 e. The number of carbonyl (C=O) groups excluding carboxylic acids is 1. The molecule has 1 amide bonds. The molecule has 0 radical (unpaired) electrons. The van der Waals surface area contributed by atoms with E-state index in [9.17, 15) is 19.5 Å². The fraction of sp³-hybridized carbons (Fsp3) is 0.556. The van der Waals surface area contributed by atoms with E-state index in [4.69, 9.17) is 26.2 Å². The van der Waals surface area contributed by atoms with Crippen LogP contribution < -0.4 is 16.6 Å². The molecule has 0 unspecified atom stereocenters. The number of carboxylic acid groups (broad SMARTS) is 1. The van der Waals surface area contributed by atoms with Gasteiger partial charge in [0.2, 0.25) is 5.88 Å². The molecular formula is C18H26N4O8S. The Balaban J connectivity index is 0.000000366. The molecule has 0 saturated heterocycles. The highest BCUT2D eigenvalue weighted by Gasteiger charge is 2.25. The van der Waals surface area contributed by atoms with Crippen LogP contribution in [0.4, 0.5) is 0 Å². The number of carbonyl (C=O) groups is 2. The number of aromatic nitrogens is 2. The van der Waals surface area contributed by atoms with Gasteiger partial charge in [-0.3, -0.25) is 18.8 Å². The Labute approximate surface area is 180 Å². The van der Waals surface area contributed by atoms with Crippen LogP contribution in [0.5, 0.6) is 5.88 Å². The van der Waals surface area contributed by atoms with Gasteiger partial charge < -0.3 is 36.6 Å². The van der Waals surface area contributed by atoms with Crippen molar-refractivity contribution in [2.75, 3.05) is 26.4 Å². The summed E-state index contributed by atoms with van der Waals surface area (Å²) in [5, 5.41) is 45.6. The second-order valence-corrected chi connectivity index (χ2v) is 8.24. The monoisotopic (exact) mass is 458 g/mol. The lowest BCUT2D eigenvalue weighted by atomic mass is 10.1. The van der Waals surface area contributed by atoms with E-state index in [-0.39, 0.29) is 0 Å². The smallest absolute Gasteiger partial charge is 0.322 e. The molecule has 3 rings (SSSR count). The molecular weight excluding hydrogens is 432 g/mol. The van der Waals surface area contributed by atoms with E-state index < -0.39 is 60.8 Å². The molecule has 0 saturated carbocycles. The molecule has 1 aliphatic carbocycles. The maximum absolute atomic E-state index is 12.6. The molecule has 0 bridgehead atoms. The number of nitrogens with two attached hydrogens (primary N) is 1. The van der Waals surface area contributed by atoms with E-state index in [2.05, 4.69) is 10.3 Å². The van der Waals surface area contributed by atoms with Gasteiger partial charge in [0.05, 0.1) is 25.4 Å². The zero-order valence-electron chi connectivity index (χ0n) is 16.7. The molecule has 172 valence electrons. The van der Waals surface area contributed by atoms with Gasteiger partial charge in [-0.25, -0.2) is 0 Å². The Morgan fingerprint density at radius 2 is 1.74 bits per heavy atom. The van der Waals surface area contributed by atoms with Gasteiger partial charge in [-0.15, -0.1) is 11.3 Å². The van der Waals surface area contributed by atoms with E-state index in [0.29, 0.717) is 4.96 Å². The van der Waals surface area contributed by atoms with Crippen molar-refractivity contribution >= 4 is 28.2 Å². The lowest BCUT2D eigenvalue weighted by molar-refractivity contribution is -0.135. The number of aliphatic hydroxyl groups is 3. The zero-order valence-corrected chi connectivity index (χ0v) is 17.5. The Hall–Kier alpha value is -2.58. The highest BCUT2D eigenvalue weighted by molar-refractivity contribution is 7.17. The molecule has 0 spiro atoms. The molecule has 0 fully saturated rings. The van der Waals surface area contributed by atoms with Crippen molar-refractivity contribution in [3.8, 4) is 5.88 Å². The quantitative estimate of drug-likeness (QED) is 0.242. The summed E-state index contributed by atoms with van der Waals surface area (Å²) in [6, 6.07) is 0.